The fraction of sp³-hybridized carbons (Fsp3) is 1.00. The third-order valence-corrected chi connectivity index (χ3v) is 4.39. The lowest BCUT2D eigenvalue weighted by Gasteiger charge is -2.47. The Bertz CT molecular complexity index is 157. The summed E-state index contributed by atoms with van der Waals surface area (Å²) < 4.78 is 0. The average Bonchev–Trinajstić information content (AvgIpc) is 2.02. The van der Waals surface area contributed by atoms with Gasteiger partial charge >= 0.3 is 0 Å². The molecule has 1 atom stereocenters. The lowest BCUT2D eigenvalue weighted by Crippen LogP contribution is -2.44. The summed E-state index contributed by atoms with van der Waals surface area (Å²) in [7, 11) is 0. The van der Waals surface area contributed by atoms with Gasteiger partial charge < -0.3 is 5.73 Å². The van der Waals surface area contributed by atoms with Gasteiger partial charge in [-0.15, -0.1) is 0 Å². The van der Waals surface area contributed by atoms with Gasteiger partial charge in [-0.05, 0) is 29.2 Å². The smallest absolute Gasteiger partial charge is 0.00206 e. The van der Waals surface area contributed by atoms with E-state index in [9.17, 15) is 0 Å². The van der Waals surface area contributed by atoms with Gasteiger partial charge in [-0.25, -0.2) is 0 Å². The van der Waals surface area contributed by atoms with Crippen molar-refractivity contribution in [1.29, 1.82) is 0 Å². The molecule has 0 aromatic carbocycles. The van der Waals surface area contributed by atoms with Crippen LogP contribution < -0.4 is 5.73 Å². The summed E-state index contributed by atoms with van der Waals surface area (Å²) in [6.45, 7) is 16.9. The molecule has 0 saturated carbocycles. The SMILES string of the molecule is CC(C)C(C)C(C)(C)C(C)(C)CN. The Morgan fingerprint density at radius 1 is 1.00 bits per heavy atom. The molecule has 0 saturated heterocycles. The van der Waals surface area contributed by atoms with E-state index in [1.165, 1.54) is 0 Å². The largest absolute Gasteiger partial charge is 0.330 e. The fourth-order valence-electron chi connectivity index (χ4n) is 1.71. The standard InChI is InChI=1S/C12H27N/c1-9(2)10(3)12(6,7)11(4,5)8-13/h9-10H,8,13H2,1-7H3. The quantitative estimate of drug-likeness (QED) is 0.714. The monoisotopic (exact) mass is 185 g/mol. The summed E-state index contributed by atoms with van der Waals surface area (Å²) in [5.41, 5.74) is 6.35. The Labute approximate surface area is 84.1 Å². The van der Waals surface area contributed by atoms with Gasteiger partial charge in [-0.3, -0.25) is 0 Å². The second kappa shape index (κ2) is 4.00. The second-order valence-electron chi connectivity index (χ2n) is 5.84. The maximum atomic E-state index is 5.83. The van der Waals surface area contributed by atoms with Gasteiger partial charge in [-0.1, -0.05) is 48.5 Å². The van der Waals surface area contributed by atoms with Crippen molar-refractivity contribution in [1.82, 2.24) is 0 Å². The highest BCUT2D eigenvalue weighted by molar-refractivity contribution is 4.91. The van der Waals surface area contributed by atoms with Gasteiger partial charge in [0.15, 0.2) is 0 Å². The van der Waals surface area contributed by atoms with E-state index >= 15 is 0 Å². The van der Waals surface area contributed by atoms with Crippen LogP contribution in [0.1, 0.15) is 48.5 Å². The lowest BCUT2D eigenvalue weighted by atomic mass is 9.59. The second-order valence-corrected chi connectivity index (χ2v) is 5.84. The zero-order valence-electron chi connectivity index (χ0n) is 10.4. The highest BCUT2D eigenvalue weighted by Crippen LogP contribution is 2.46. The first-order chi connectivity index (χ1) is 5.66. The third kappa shape index (κ3) is 2.46. The molecule has 0 fully saturated rings. The van der Waals surface area contributed by atoms with Crippen LogP contribution in [-0.2, 0) is 0 Å². The van der Waals surface area contributed by atoms with Gasteiger partial charge in [0.25, 0.3) is 0 Å². The Kier molecular flexibility index (Phi) is 3.98. The molecule has 0 aliphatic heterocycles. The summed E-state index contributed by atoms with van der Waals surface area (Å²) in [4.78, 5) is 0. The molecule has 0 spiro atoms. The van der Waals surface area contributed by atoms with E-state index < -0.39 is 0 Å². The van der Waals surface area contributed by atoms with Crippen LogP contribution in [0.3, 0.4) is 0 Å². The Balaban J connectivity index is 4.74. The molecule has 0 bridgehead atoms. The highest BCUT2D eigenvalue weighted by atomic mass is 14.6. The number of rotatable bonds is 4. The van der Waals surface area contributed by atoms with Gasteiger partial charge in [-0.2, -0.15) is 0 Å². The molecule has 0 radical (unpaired) electrons. The van der Waals surface area contributed by atoms with E-state index in [-0.39, 0.29) is 5.41 Å². The molecule has 0 aliphatic rings. The minimum absolute atomic E-state index is 0.219. The van der Waals surface area contributed by atoms with Crippen molar-refractivity contribution in [2.24, 2.45) is 28.4 Å². The van der Waals surface area contributed by atoms with Crippen molar-refractivity contribution < 1.29 is 0 Å². The van der Waals surface area contributed by atoms with Gasteiger partial charge in [0, 0.05) is 0 Å². The van der Waals surface area contributed by atoms with Gasteiger partial charge in [0.1, 0.15) is 0 Å². The molecule has 1 unspecified atom stereocenters. The minimum atomic E-state index is 0.219. The van der Waals surface area contributed by atoms with Crippen molar-refractivity contribution in [2.45, 2.75) is 48.5 Å². The molecule has 13 heavy (non-hydrogen) atoms. The minimum Gasteiger partial charge on any atom is -0.330 e. The first-order valence-corrected chi connectivity index (χ1v) is 5.37. The zero-order valence-corrected chi connectivity index (χ0v) is 10.4. The maximum absolute atomic E-state index is 5.83. The fourth-order valence-corrected chi connectivity index (χ4v) is 1.71. The molecular weight excluding hydrogens is 158 g/mol. The Morgan fingerprint density at radius 3 is 1.62 bits per heavy atom. The number of nitrogens with two attached hydrogens (primary N) is 1. The molecule has 80 valence electrons. The summed E-state index contributed by atoms with van der Waals surface area (Å²) in [5, 5.41) is 0. The van der Waals surface area contributed by atoms with Crippen LogP contribution in [0.5, 0.6) is 0 Å². The van der Waals surface area contributed by atoms with Crippen molar-refractivity contribution >= 4 is 0 Å². The molecule has 1 heteroatoms. The van der Waals surface area contributed by atoms with Crippen LogP contribution in [0, 0.1) is 22.7 Å². The van der Waals surface area contributed by atoms with Gasteiger partial charge in [0.2, 0.25) is 0 Å². The van der Waals surface area contributed by atoms with E-state index in [2.05, 4.69) is 48.5 Å². The normalized spacial score (nSPS) is 16.4. The predicted molar refractivity (Wildman–Crippen MR) is 60.6 cm³/mol. The summed E-state index contributed by atoms with van der Waals surface area (Å²) in [6, 6.07) is 0. The van der Waals surface area contributed by atoms with Crippen LogP contribution in [-0.4, -0.2) is 6.54 Å². The van der Waals surface area contributed by atoms with Crippen molar-refractivity contribution in [3.8, 4) is 0 Å². The summed E-state index contributed by atoms with van der Waals surface area (Å²) in [6.07, 6.45) is 0. The van der Waals surface area contributed by atoms with Crippen molar-refractivity contribution in [2.75, 3.05) is 6.54 Å². The van der Waals surface area contributed by atoms with Crippen LogP contribution in [0.15, 0.2) is 0 Å². The first kappa shape index (κ1) is 13.0. The molecule has 0 heterocycles. The molecule has 0 rings (SSSR count). The van der Waals surface area contributed by atoms with Crippen molar-refractivity contribution in [3.63, 3.8) is 0 Å². The third-order valence-electron chi connectivity index (χ3n) is 4.39. The summed E-state index contributed by atoms with van der Waals surface area (Å²) >= 11 is 0. The van der Waals surface area contributed by atoms with Crippen LogP contribution in [0.2, 0.25) is 0 Å². The average molecular weight is 185 g/mol. The molecule has 0 aromatic heterocycles. The Morgan fingerprint density at radius 2 is 1.38 bits per heavy atom. The first-order valence-electron chi connectivity index (χ1n) is 5.37. The summed E-state index contributed by atoms with van der Waals surface area (Å²) in [5.74, 6) is 1.42. The predicted octanol–water partition coefficient (Wildman–Crippen LogP) is 3.29. The van der Waals surface area contributed by atoms with E-state index in [1.807, 2.05) is 0 Å². The van der Waals surface area contributed by atoms with E-state index in [0.29, 0.717) is 11.3 Å². The Hall–Kier alpha value is -0.0400. The van der Waals surface area contributed by atoms with Crippen LogP contribution >= 0.6 is 0 Å². The van der Waals surface area contributed by atoms with Gasteiger partial charge in [0.05, 0.1) is 0 Å². The zero-order chi connectivity index (χ0) is 10.9. The van der Waals surface area contributed by atoms with E-state index in [4.69, 9.17) is 5.73 Å². The molecule has 1 nitrogen and oxygen atoms in total. The molecule has 0 amide bonds. The number of hydrogen-bond acceptors (Lipinski definition) is 1. The van der Waals surface area contributed by atoms with Crippen LogP contribution in [0.4, 0.5) is 0 Å². The molecule has 0 aromatic rings. The molecule has 0 aliphatic carbocycles. The lowest BCUT2D eigenvalue weighted by molar-refractivity contribution is 0.0312. The highest BCUT2D eigenvalue weighted by Gasteiger charge is 2.40. The van der Waals surface area contributed by atoms with Crippen molar-refractivity contribution in [3.05, 3.63) is 0 Å². The topological polar surface area (TPSA) is 26.0 Å². The maximum Gasteiger partial charge on any atom is -0.00206 e. The number of hydrogen-bond donors (Lipinski definition) is 1. The molecule has 2 N–H and O–H groups in total. The van der Waals surface area contributed by atoms with E-state index in [0.717, 1.165) is 12.5 Å². The van der Waals surface area contributed by atoms with Crippen LogP contribution in [0.25, 0.3) is 0 Å². The van der Waals surface area contributed by atoms with E-state index in [1.54, 1.807) is 0 Å². The molecular formula is C12H27N.